The van der Waals surface area contributed by atoms with Gasteiger partial charge in [-0.1, -0.05) is 12.1 Å². The number of pyridine rings is 1. The maximum absolute atomic E-state index is 12.2. The zero-order valence-corrected chi connectivity index (χ0v) is 17.4. The van der Waals surface area contributed by atoms with Gasteiger partial charge in [-0.15, -0.1) is 0 Å². The SMILES string of the molecule is COc1cc(/C=C/C(=O)OCc2cc(=O)n3cccc(C)c3n2)ccc1OC(C)C. The molecular formula is C23H24N2O5. The number of esters is 1. The van der Waals surface area contributed by atoms with Crippen LogP contribution >= 0.6 is 0 Å². The highest BCUT2D eigenvalue weighted by molar-refractivity contribution is 5.87. The van der Waals surface area contributed by atoms with E-state index in [2.05, 4.69) is 4.98 Å². The molecule has 7 heteroatoms. The van der Waals surface area contributed by atoms with Crippen LogP contribution in [0.1, 0.15) is 30.7 Å². The molecule has 0 fully saturated rings. The number of rotatable bonds is 7. The summed E-state index contributed by atoms with van der Waals surface area (Å²) in [5.74, 6) is 0.676. The van der Waals surface area contributed by atoms with Crippen molar-refractivity contribution in [1.29, 1.82) is 0 Å². The van der Waals surface area contributed by atoms with E-state index in [0.29, 0.717) is 22.8 Å². The van der Waals surface area contributed by atoms with Gasteiger partial charge in [-0.2, -0.15) is 0 Å². The first-order chi connectivity index (χ1) is 14.4. The van der Waals surface area contributed by atoms with E-state index in [1.165, 1.54) is 16.5 Å². The molecule has 0 amide bonds. The highest BCUT2D eigenvalue weighted by atomic mass is 16.5. The molecule has 3 aromatic rings. The number of fused-ring (bicyclic) bond motifs is 1. The quantitative estimate of drug-likeness (QED) is 0.439. The van der Waals surface area contributed by atoms with Crippen LogP contribution in [0.5, 0.6) is 11.5 Å². The summed E-state index contributed by atoms with van der Waals surface area (Å²) in [6.45, 7) is 5.65. The van der Waals surface area contributed by atoms with E-state index in [9.17, 15) is 9.59 Å². The van der Waals surface area contributed by atoms with Gasteiger partial charge in [0, 0.05) is 18.3 Å². The largest absolute Gasteiger partial charge is 0.493 e. The van der Waals surface area contributed by atoms with Gasteiger partial charge in [-0.25, -0.2) is 9.78 Å². The first-order valence-corrected chi connectivity index (χ1v) is 9.55. The molecule has 3 rings (SSSR count). The summed E-state index contributed by atoms with van der Waals surface area (Å²) in [7, 11) is 1.56. The third-order valence-corrected chi connectivity index (χ3v) is 4.26. The number of aryl methyl sites for hydroxylation is 1. The van der Waals surface area contributed by atoms with Gasteiger partial charge in [0.25, 0.3) is 5.56 Å². The summed E-state index contributed by atoms with van der Waals surface area (Å²) in [4.78, 5) is 28.7. The summed E-state index contributed by atoms with van der Waals surface area (Å²) in [6.07, 6.45) is 4.62. The van der Waals surface area contributed by atoms with E-state index in [1.807, 2.05) is 32.9 Å². The second kappa shape index (κ2) is 9.26. The summed E-state index contributed by atoms with van der Waals surface area (Å²) >= 11 is 0. The molecule has 0 atom stereocenters. The minimum atomic E-state index is -0.539. The molecule has 0 radical (unpaired) electrons. The number of carbonyl (C=O) groups excluding carboxylic acids is 1. The van der Waals surface area contributed by atoms with Gasteiger partial charge < -0.3 is 14.2 Å². The van der Waals surface area contributed by atoms with Crippen molar-refractivity contribution < 1.29 is 19.0 Å². The molecule has 0 aliphatic rings. The Balaban J connectivity index is 1.67. The zero-order chi connectivity index (χ0) is 21.7. The number of hydrogen-bond acceptors (Lipinski definition) is 6. The van der Waals surface area contributed by atoms with Gasteiger partial charge in [0.15, 0.2) is 11.5 Å². The average Bonchev–Trinajstić information content (AvgIpc) is 2.72. The number of ether oxygens (including phenoxy) is 3. The summed E-state index contributed by atoms with van der Waals surface area (Å²) in [5.41, 5.74) is 2.34. The van der Waals surface area contributed by atoms with Crippen molar-refractivity contribution in [3.8, 4) is 11.5 Å². The second-order valence-corrected chi connectivity index (χ2v) is 6.99. The monoisotopic (exact) mass is 408 g/mol. The second-order valence-electron chi connectivity index (χ2n) is 6.99. The Hall–Kier alpha value is -3.61. The highest BCUT2D eigenvalue weighted by Gasteiger charge is 2.08. The van der Waals surface area contributed by atoms with E-state index in [4.69, 9.17) is 14.2 Å². The first-order valence-electron chi connectivity index (χ1n) is 9.55. The fraction of sp³-hybridized carbons (Fsp3) is 0.261. The number of benzene rings is 1. The van der Waals surface area contributed by atoms with Gasteiger partial charge in [-0.05, 0) is 56.2 Å². The molecule has 0 saturated carbocycles. The zero-order valence-electron chi connectivity index (χ0n) is 17.4. The van der Waals surface area contributed by atoms with Crippen molar-refractivity contribution >= 4 is 17.7 Å². The number of hydrogen-bond donors (Lipinski definition) is 0. The number of nitrogens with zero attached hydrogens (tertiary/aromatic N) is 2. The standard InChI is InChI=1S/C23H24N2O5/c1-15(2)30-19-9-7-17(12-20(19)28-4)8-10-22(27)29-14-18-13-21(26)25-11-5-6-16(3)23(25)24-18/h5-13,15H,14H2,1-4H3/b10-8+. The molecule has 30 heavy (non-hydrogen) atoms. The van der Waals surface area contributed by atoms with Gasteiger partial charge in [0.2, 0.25) is 0 Å². The number of methoxy groups -OCH3 is 1. The molecule has 2 aromatic heterocycles. The Kier molecular flexibility index (Phi) is 6.51. The lowest BCUT2D eigenvalue weighted by molar-refractivity contribution is -0.139. The summed E-state index contributed by atoms with van der Waals surface area (Å²) in [5, 5.41) is 0. The molecule has 0 aliphatic heterocycles. The Morgan fingerprint density at radius 3 is 2.73 bits per heavy atom. The third kappa shape index (κ3) is 5.05. The van der Waals surface area contributed by atoms with Crippen molar-refractivity contribution in [3.63, 3.8) is 0 Å². The van der Waals surface area contributed by atoms with Crippen LogP contribution in [-0.2, 0) is 16.1 Å². The predicted octanol–water partition coefficient (Wildman–Crippen LogP) is 3.56. The fourth-order valence-electron chi connectivity index (χ4n) is 2.88. The van der Waals surface area contributed by atoms with Crippen molar-refractivity contribution in [2.45, 2.75) is 33.5 Å². The molecule has 0 N–H and O–H groups in total. The third-order valence-electron chi connectivity index (χ3n) is 4.26. The Morgan fingerprint density at radius 2 is 2.00 bits per heavy atom. The molecule has 1 aromatic carbocycles. The smallest absolute Gasteiger partial charge is 0.331 e. The maximum Gasteiger partial charge on any atom is 0.331 e. The van der Waals surface area contributed by atoms with Gasteiger partial charge >= 0.3 is 5.97 Å². The van der Waals surface area contributed by atoms with Crippen LogP contribution < -0.4 is 15.0 Å². The number of aromatic nitrogens is 2. The first kappa shape index (κ1) is 21.1. The topological polar surface area (TPSA) is 79.1 Å². The fourth-order valence-corrected chi connectivity index (χ4v) is 2.88. The minimum Gasteiger partial charge on any atom is -0.493 e. The Labute approximate surface area is 174 Å². The van der Waals surface area contributed by atoms with Crippen LogP contribution in [0.4, 0.5) is 0 Å². The van der Waals surface area contributed by atoms with Crippen LogP contribution in [0.25, 0.3) is 11.7 Å². The highest BCUT2D eigenvalue weighted by Crippen LogP contribution is 2.29. The molecule has 0 bridgehead atoms. The summed E-state index contributed by atoms with van der Waals surface area (Å²) in [6, 6.07) is 10.4. The van der Waals surface area contributed by atoms with Gasteiger partial charge in [0.05, 0.1) is 18.9 Å². The molecule has 156 valence electrons. The van der Waals surface area contributed by atoms with Crippen LogP contribution in [0.3, 0.4) is 0 Å². The minimum absolute atomic E-state index is 0.0239. The lowest BCUT2D eigenvalue weighted by atomic mass is 10.2. The van der Waals surface area contributed by atoms with Gasteiger partial charge in [-0.3, -0.25) is 9.20 Å². The maximum atomic E-state index is 12.2. The van der Waals surface area contributed by atoms with E-state index < -0.39 is 5.97 Å². The number of carbonyl (C=O) groups is 1. The van der Waals surface area contributed by atoms with Crippen molar-refractivity contribution in [3.05, 3.63) is 75.8 Å². The van der Waals surface area contributed by atoms with E-state index in [-0.39, 0.29) is 18.3 Å². The lowest BCUT2D eigenvalue weighted by Crippen LogP contribution is -2.17. The van der Waals surface area contributed by atoms with Crippen molar-refractivity contribution in [2.24, 2.45) is 0 Å². The van der Waals surface area contributed by atoms with Crippen molar-refractivity contribution in [2.75, 3.05) is 7.11 Å². The van der Waals surface area contributed by atoms with Crippen LogP contribution in [0.15, 0.2) is 53.5 Å². The molecule has 0 saturated heterocycles. The van der Waals surface area contributed by atoms with Crippen LogP contribution in [-0.4, -0.2) is 28.6 Å². The van der Waals surface area contributed by atoms with Crippen LogP contribution in [0, 0.1) is 6.92 Å². The molecule has 7 nitrogen and oxygen atoms in total. The normalized spacial score (nSPS) is 11.2. The molecule has 0 aliphatic carbocycles. The van der Waals surface area contributed by atoms with Crippen LogP contribution in [0.2, 0.25) is 0 Å². The van der Waals surface area contributed by atoms with Gasteiger partial charge in [0.1, 0.15) is 12.3 Å². The molecule has 0 unspecified atom stereocenters. The Bertz CT molecular complexity index is 1150. The Morgan fingerprint density at radius 1 is 1.20 bits per heavy atom. The molecule has 0 spiro atoms. The van der Waals surface area contributed by atoms with E-state index in [1.54, 1.807) is 37.6 Å². The molecule has 2 heterocycles. The summed E-state index contributed by atoms with van der Waals surface area (Å²) < 4.78 is 17.7. The van der Waals surface area contributed by atoms with E-state index in [0.717, 1.165) is 11.1 Å². The molecular weight excluding hydrogens is 384 g/mol. The van der Waals surface area contributed by atoms with E-state index >= 15 is 0 Å². The predicted molar refractivity (Wildman–Crippen MR) is 114 cm³/mol. The lowest BCUT2D eigenvalue weighted by Gasteiger charge is -2.13. The van der Waals surface area contributed by atoms with Crippen molar-refractivity contribution in [1.82, 2.24) is 9.38 Å². The average molecular weight is 408 g/mol.